The molecule has 0 saturated heterocycles. The molecule has 0 heterocycles. The van der Waals surface area contributed by atoms with Crippen molar-refractivity contribution in [1.82, 2.24) is 5.43 Å². The van der Waals surface area contributed by atoms with Gasteiger partial charge in [-0.1, -0.05) is 41.4 Å². The van der Waals surface area contributed by atoms with Gasteiger partial charge in [0.15, 0.2) is 0 Å². The van der Waals surface area contributed by atoms with Crippen LogP contribution in [0.25, 0.3) is 6.08 Å². The Hall–Kier alpha value is -1.97. The Balaban J connectivity index is 1.94. The van der Waals surface area contributed by atoms with Crippen LogP contribution in [0.3, 0.4) is 0 Å². The lowest BCUT2D eigenvalue weighted by Gasteiger charge is -2.05. The molecular formula is C15H12Cl2N2O. The van der Waals surface area contributed by atoms with E-state index in [0.29, 0.717) is 15.6 Å². The third-order valence-corrected chi connectivity index (χ3v) is 3.06. The molecule has 0 radical (unpaired) electrons. The maximum absolute atomic E-state index is 11.6. The van der Waals surface area contributed by atoms with Crippen molar-refractivity contribution in [3.8, 4) is 0 Å². The largest absolute Gasteiger partial charge is 0.298 e. The van der Waals surface area contributed by atoms with E-state index in [0.717, 1.165) is 5.69 Å². The fourth-order valence-electron chi connectivity index (χ4n) is 1.50. The molecule has 0 aliphatic carbocycles. The van der Waals surface area contributed by atoms with Gasteiger partial charge in [-0.15, -0.1) is 0 Å². The van der Waals surface area contributed by atoms with E-state index in [-0.39, 0.29) is 5.91 Å². The van der Waals surface area contributed by atoms with Gasteiger partial charge in [-0.25, -0.2) is 0 Å². The van der Waals surface area contributed by atoms with E-state index in [2.05, 4.69) is 10.9 Å². The highest BCUT2D eigenvalue weighted by molar-refractivity contribution is 6.34. The number of rotatable bonds is 4. The number of nitrogens with one attached hydrogen (secondary N) is 2. The summed E-state index contributed by atoms with van der Waals surface area (Å²) in [6, 6.07) is 14.4. The predicted octanol–water partition coefficient (Wildman–Crippen LogP) is 4.15. The normalized spacial score (nSPS) is 10.5. The zero-order chi connectivity index (χ0) is 14.4. The molecule has 102 valence electrons. The van der Waals surface area contributed by atoms with Gasteiger partial charge in [0.1, 0.15) is 0 Å². The van der Waals surface area contributed by atoms with Gasteiger partial charge in [-0.05, 0) is 42.0 Å². The Kier molecular flexibility index (Phi) is 5.04. The summed E-state index contributed by atoms with van der Waals surface area (Å²) in [5, 5.41) is 1.10. The van der Waals surface area contributed by atoms with Crippen molar-refractivity contribution < 1.29 is 4.79 Å². The van der Waals surface area contributed by atoms with E-state index >= 15 is 0 Å². The van der Waals surface area contributed by atoms with Gasteiger partial charge < -0.3 is 0 Å². The van der Waals surface area contributed by atoms with Crippen molar-refractivity contribution >= 4 is 40.9 Å². The first-order chi connectivity index (χ1) is 9.65. The number of hydrogen-bond donors (Lipinski definition) is 2. The summed E-state index contributed by atoms with van der Waals surface area (Å²) in [6.07, 6.45) is 2.99. The summed E-state index contributed by atoms with van der Waals surface area (Å²) in [7, 11) is 0. The van der Waals surface area contributed by atoms with Gasteiger partial charge in [0, 0.05) is 16.1 Å². The maximum atomic E-state index is 11.6. The Morgan fingerprint density at radius 3 is 2.55 bits per heavy atom. The molecule has 0 saturated carbocycles. The van der Waals surface area contributed by atoms with E-state index in [9.17, 15) is 4.79 Å². The first-order valence-corrected chi connectivity index (χ1v) is 6.65. The van der Waals surface area contributed by atoms with Crippen molar-refractivity contribution in [2.24, 2.45) is 0 Å². The van der Waals surface area contributed by atoms with Crippen LogP contribution < -0.4 is 10.9 Å². The topological polar surface area (TPSA) is 41.1 Å². The summed E-state index contributed by atoms with van der Waals surface area (Å²) in [5.74, 6) is -0.287. The van der Waals surface area contributed by atoms with Crippen molar-refractivity contribution in [2.45, 2.75) is 0 Å². The van der Waals surface area contributed by atoms with Crippen LogP contribution >= 0.6 is 23.2 Å². The molecule has 0 spiro atoms. The van der Waals surface area contributed by atoms with Gasteiger partial charge in [0.05, 0.1) is 5.69 Å². The minimum absolute atomic E-state index is 0.287. The Labute approximate surface area is 127 Å². The number of anilines is 1. The molecule has 0 aromatic heterocycles. The van der Waals surface area contributed by atoms with Crippen LogP contribution in [0.5, 0.6) is 0 Å². The SMILES string of the molecule is O=C(C=Cc1cc(Cl)ccc1Cl)NNc1ccccc1. The van der Waals surface area contributed by atoms with Crippen LogP contribution in [-0.4, -0.2) is 5.91 Å². The lowest BCUT2D eigenvalue weighted by atomic mass is 10.2. The second kappa shape index (κ2) is 6.98. The lowest BCUT2D eigenvalue weighted by Crippen LogP contribution is -2.27. The van der Waals surface area contributed by atoms with E-state index in [1.807, 2.05) is 30.3 Å². The van der Waals surface area contributed by atoms with Crippen LogP contribution in [-0.2, 0) is 4.79 Å². The van der Waals surface area contributed by atoms with Crippen molar-refractivity contribution in [3.05, 3.63) is 70.2 Å². The molecule has 1 amide bonds. The van der Waals surface area contributed by atoms with Crippen LogP contribution in [0.2, 0.25) is 10.0 Å². The Bertz CT molecular complexity index is 627. The number of para-hydroxylation sites is 1. The molecule has 5 heteroatoms. The monoisotopic (exact) mass is 306 g/mol. The standard InChI is InChI=1S/C15H12Cl2N2O/c16-12-7-8-14(17)11(10-12)6-9-15(20)19-18-13-4-2-1-3-5-13/h1-10,18H,(H,19,20). The van der Waals surface area contributed by atoms with E-state index in [4.69, 9.17) is 23.2 Å². The molecule has 0 bridgehead atoms. The number of amides is 1. The fourth-order valence-corrected chi connectivity index (χ4v) is 1.87. The molecule has 0 aliphatic rings. The summed E-state index contributed by atoms with van der Waals surface area (Å²) in [4.78, 5) is 11.6. The number of carbonyl (C=O) groups excluding carboxylic acids is 1. The highest BCUT2D eigenvalue weighted by Crippen LogP contribution is 2.21. The van der Waals surface area contributed by atoms with Gasteiger partial charge in [-0.3, -0.25) is 15.6 Å². The number of halogens is 2. The zero-order valence-electron chi connectivity index (χ0n) is 10.4. The quantitative estimate of drug-likeness (QED) is 0.658. The lowest BCUT2D eigenvalue weighted by molar-refractivity contribution is -0.115. The number of hydrazine groups is 1. The van der Waals surface area contributed by atoms with Gasteiger partial charge in [-0.2, -0.15) is 0 Å². The number of carbonyl (C=O) groups is 1. The third-order valence-electron chi connectivity index (χ3n) is 2.48. The molecule has 0 atom stereocenters. The van der Waals surface area contributed by atoms with Crippen LogP contribution in [0.4, 0.5) is 5.69 Å². The Morgan fingerprint density at radius 1 is 1.05 bits per heavy atom. The zero-order valence-corrected chi connectivity index (χ0v) is 11.9. The van der Waals surface area contributed by atoms with Crippen LogP contribution in [0, 0.1) is 0 Å². The molecule has 0 fully saturated rings. The van der Waals surface area contributed by atoms with Crippen molar-refractivity contribution in [1.29, 1.82) is 0 Å². The smallest absolute Gasteiger partial charge is 0.262 e. The minimum Gasteiger partial charge on any atom is -0.298 e. The summed E-state index contributed by atoms with van der Waals surface area (Å²) in [6.45, 7) is 0. The molecule has 0 aliphatic heterocycles. The number of benzene rings is 2. The summed E-state index contributed by atoms with van der Waals surface area (Å²) < 4.78 is 0. The van der Waals surface area contributed by atoms with Crippen molar-refractivity contribution in [3.63, 3.8) is 0 Å². The average Bonchev–Trinajstić information content (AvgIpc) is 2.47. The van der Waals surface area contributed by atoms with E-state index in [1.165, 1.54) is 6.08 Å². The molecule has 20 heavy (non-hydrogen) atoms. The van der Waals surface area contributed by atoms with Crippen molar-refractivity contribution in [2.75, 3.05) is 5.43 Å². The van der Waals surface area contributed by atoms with Gasteiger partial charge in [0.25, 0.3) is 5.91 Å². The molecule has 2 rings (SSSR count). The molecule has 0 unspecified atom stereocenters. The highest BCUT2D eigenvalue weighted by Gasteiger charge is 1.99. The fraction of sp³-hybridized carbons (Fsp3) is 0. The van der Waals surface area contributed by atoms with Crippen LogP contribution in [0.1, 0.15) is 5.56 Å². The first-order valence-electron chi connectivity index (χ1n) is 5.89. The predicted molar refractivity (Wildman–Crippen MR) is 83.7 cm³/mol. The van der Waals surface area contributed by atoms with E-state index < -0.39 is 0 Å². The summed E-state index contributed by atoms with van der Waals surface area (Å²) in [5.41, 5.74) is 6.84. The highest BCUT2D eigenvalue weighted by atomic mass is 35.5. The summed E-state index contributed by atoms with van der Waals surface area (Å²) >= 11 is 11.9. The molecule has 2 aromatic carbocycles. The van der Waals surface area contributed by atoms with E-state index in [1.54, 1.807) is 24.3 Å². The molecule has 2 aromatic rings. The Morgan fingerprint density at radius 2 is 1.80 bits per heavy atom. The number of hydrogen-bond acceptors (Lipinski definition) is 2. The second-order valence-corrected chi connectivity index (χ2v) is 4.82. The molecular weight excluding hydrogens is 295 g/mol. The molecule has 2 N–H and O–H groups in total. The van der Waals surface area contributed by atoms with Crippen LogP contribution in [0.15, 0.2) is 54.6 Å². The minimum atomic E-state index is -0.287. The first kappa shape index (κ1) is 14.4. The van der Waals surface area contributed by atoms with Gasteiger partial charge >= 0.3 is 0 Å². The average molecular weight is 307 g/mol. The van der Waals surface area contributed by atoms with Gasteiger partial charge in [0.2, 0.25) is 0 Å². The molecule has 3 nitrogen and oxygen atoms in total. The maximum Gasteiger partial charge on any atom is 0.262 e. The third kappa shape index (κ3) is 4.30. The second-order valence-electron chi connectivity index (χ2n) is 3.98.